The highest BCUT2D eigenvalue weighted by molar-refractivity contribution is 9.08. The molecular formula is C16H15BrClNO. The number of hydrogen-bond donors (Lipinski definition) is 0. The molecule has 0 aromatic heterocycles. The summed E-state index contributed by atoms with van der Waals surface area (Å²) >= 11 is 9.87. The average molecular weight is 353 g/mol. The van der Waals surface area contributed by atoms with Crippen molar-refractivity contribution in [2.45, 2.75) is 11.9 Å². The van der Waals surface area contributed by atoms with Gasteiger partial charge in [0.05, 0.1) is 17.3 Å². The van der Waals surface area contributed by atoms with E-state index in [1.54, 1.807) is 0 Å². The molecule has 0 fully saturated rings. The Morgan fingerprint density at radius 3 is 2.85 bits per heavy atom. The van der Waals surface area contributed by atoms with Crippen LogP contribution in [0.15, 0.2) is 42.5 Å². The molecule has 2 aromatic carbocycles. The smallest absolute Gasteiger partial charge is 0.124 e. The molecule has 0 spiro atoms. The van der Waals surface area contributed by atoms with Gasteiger partial charge in [-0.25, -0.2) is 0 Å². The summed E-state index contributed by atoms with van der Waals surface area (Å²) < 4.78 is 5.79. The number of rotatable bonds is 2. The van der Waals surface area contributed by atoms with E-state index in [0.29, 0.717) is 6.61 Å². The standard InChI is InChI=1S/C16H15BrClNO/c17-10-12-5-6-15(14(18)9-12)19-7-8-20-16-4-2-1-3-13(16)11-19/h1-6,9H,7-8,10-11H2. The first-order valence-corrected chi connectivity index (χ1v) is 8.08. The van der Waals surface area contributed by atoms with Crippen molar-refractivity contribution in [2.24, 2.45) is 0 Å². The molecule has 0 saturated carbocycles. The Morgan fingerprint density at radius 2 is 2.05 bits per heavy atom. The zero-order chi connectivity index (χ0) is 13.9. The van der Waals surface area contributed by atoms with Gasteiger partial charge in [0.2, 0.25) is 0 Å². The lowest BCUT2D eigenvalue weighted by Gasteiger charge is -2.23. The van der Waals surface area contributed by atoms with Gasteiger partial charge in [0.15, 0.2) is 0 Å². The molecule has 4 heteroatoms. The molecule has 0 atom stereocenters. The number of ether oxygens (including phenoxy) is 1. The van der Waals surface area contributed by atoms with E-state index in [4.69, 9.17) is 16.3 Å². The van der Waals surface area contributed by atoms with E-state index in [9.17, 15) is 0 Å². The Kier molecular flexibility index (Phi) is 4.18. The van der Waals surface area contributed by atoms with Crippen LogP contribution in [0.1, 0.15) is 11.1 Å². The van der Waals surface area contributed by atoms with Crippen LogP contribution >= 0.6 is 27.5 Å². The van der Waals surface area contributed by atoms with Crippen molar-refractivity contribution in [1.82, 2.24) is 0 Å². The lowest BCUT2D eigenvalue weighted by Crippen LogP contribution is -2.25. The Labute approximate surface area is 132 Å². The van der Waals surface area contributed by atoms with Gasteiger partial charge in [-0.1, -0.05) is 51.8 Å². The number of hydrogen-bond acceptors (Lipinski definition) is 2. The summed E-state index contributed by atoms with van der Waals surface area (Å²) in [6.45, 7) is 2.33. The van der Waals surface area contributed by atoms with E-state index in [1.807, 2.05) is 24.3 Å². The largest absolute Gasteiger partial charge is 0.491 e. The number of alkyl halides is 1. The molecule has 0 radical (unpaired) electrons. The van der Waals surface area contributed by atoms with Gasteiger partial charge in [0.25, 0.3) is 0 Å². The third-order valence-corrected chi connectivity index (χ3v) is 4.41. The first kappa shape index (κ1) is 13.8. The van der Waals surface area contributed by atoms with E-state index in [1.165, 1.54) is 11.1 Å². The van der Waals surface area contributed by atoms with E-state index >= 15 is 0 Å². The summed E-state index contributed by atoms with van der Waals surface area (Å²) in [4.78, 5) is 2.27. The quantitative estimate of drug-likeness (QED) is 0.730. The Morgan fingerprint density at radius 1 is 1.20 bits per heavy atom. The van der Waals surface area contributed by atoms with Crippen molar-refractivity contribution in [2.75, 3.05) is 18.1 Å². The van der Waals surface area contributed by atoms with Crippen molar-refractivity contribution in [1.29, 1.82) is 0 Å². The molecule has 104 valence electrons. The average Bonchev–Trinajstić information content (AvgIpc) is 2.69. The first-order valence-electron chi connectivity index (χ1n) is 6.58. The summed E-state index contributed by atoms with van der Waals surface area (Å²) in [5.41, 5.74) is 3.45. The van der Waals surface area contributed by atoms with Crippen molar-refractivity contribution < 1.29 is 4.74 Å². The molecule has 2 nitrogen and oxygen atoms in total. The van der Waals surface area contributed by atoms with E-state index in [2.05, 4.69) is 39.0 Å². The third-order valence-electron chi connectivity index (χ3n) is 3.46. The van der Waals surface area contributed by atoms with E-state index in [0.717, 1.165) is 34.9 Å². The fraction of sp³-hybridized carbons (Fsp3) is 0.250. The second kappa shape index (κ2) is 6.06. The van der Waals surface area contributed by atoms with Gasteiger partial charge in [-0.2, -0.15) is 0 Å². The van der Waals surface area contributed by atoms with Crippen molar-refractivity contribution in [3.63, 3.8) is 0 Å². The van der Waals surface area contributed by atoms with Gasteiger partial charge < -0.3 is 9.64 Å². The Balaban J connectivity index is 1.91. The minimum atomic E-state index is 0.674. The number of benzene rings is 2. The normalized spacial score (nSPS) is 14.4. The highest BCUT2D eigenvalue weighted by atomic mass is 79.9. The van der Waals surface area contributed by atoms with Crippen molar-refractivity contribution in [3.8, 4) is 5.75 Å². The predicted octanol–water partition coefficient (Wildman–Crippen LogP) is 4.63. The zero-order valence-electron chi connectivity index (χ0n) is 11.0. The van der Waals surface area contributed by atoms with Crippen LogP contribution in [0.5, 0.6) is 5.75 Å². The highest BCUT2D eigenvalue weighted by Gasteiger charge is 2.17. The fourth-order valence-corrected chi connectivity index (χ4v) is 3.09. The molecule has 0 unspecified atom stereocenters. The van der Waals surface area contributed by atoms with Gasteiger partial charge in [0.1, 0.15) is 12.4 Å². The molecular weight excluding hydrogens is 338 g/mol. The number of nitrogens with zero attached hydrogens (tertiary/aromatic N) is 1. The molecule has 0 bridgehead atoms. The summed E-state index contributed by atoms with van der Waals surface area (Å²) in [6.07, 6.45) is 0. The maximum atomic E-state index is 6.42. The lowest BCUT2D eigenvalue weighted by molar-refractivity contribution is 0.331. The number of fused-ring (bicyclic) bond motifs is 1. The van der Waals surface area contributed by atoms with Crippen LogP contribution in [0.2, 0.25) is 5.02 Å². The number of anilines is 1. The predicted molar refractivity (Wildman–Crippen MR) is 87.1 cm³/mol. The van der Waals surface area contributed by atoms with Crippen LogP contribution in [0.3, 0.4) is 0 Å². The first-order chi connectivity index (χ1) is 9.78. The molecule has 0 N–H and O–H groups in total. The molecule has 1 aliphatic heterocycles. The second-order valence-electron chi connectivity index (χ2n) is 4.80. The second-order valence-corrected chi connectivity index (χ2v) is 5.77. The van der Waals surface area contributed by atoms with Crippen LogP contribution in [-0.2, 0) is 11.9 Å². The van der Waals surface area contributed by atoms with Crippen LogP contribution < -0.4 is 9.64 Å². The molecule has 0 aliphatic carbocycles. The third kappa shape index (κ3) is 2.79. The molecule has 0 amide bonds. The van der Waals surface area contributed by atoms with Gasteiger partial charge in [-0.15, -0.1) is 0 Å². The van der Waals surface area contributed by atoms with Gasteiger partial charge in [-0.3, -0.25) is 0 Å². The van der Waals surface area contributed by atoms with Crippen LogP contribution in [0.4, 0.5) is 5.69 Å². The summed E-state index contributed by atoms with van der Waals surface area (Å²) in [5.74, 6) is 0.975. The van der Waals surface area contributed by atoms with E-state index in [-0.39, 0.29) is 0 Å². The Hall–Kier alpha value is -1.19. The van der Waals surface area contributed by atoms with Crippen LogP contribution in [0, 0.1) is 0 Å². The molecule has 2 aromatic rings. The maximum absolute atomic E-state index is 6.42. The number of para-hydroxylation sites is 1. The summed E-state index contributed by atoms with van der Waals surface area (Å²) in [5, 5.41) is 1.61. The monoisotopic (exact) mass is 351 g/mol. The highest BCUT2D eigenvalue weighted by Crippen LogP contribution is 2.31. The minimum absolute atomic E-state index is 0.674. The number of halogens is 2. The summed E-state index contributed by atoms with van der Waals surface area (Å²) in [6, 6.07) is 14.4. The molecule has 20 heavy (non-hydrogen) atoms. The van der Waals surface area contributed by atoms with Crippen molar-refractivity contribution >= 4 is 33.2 Å². The minimum Gasteiger partial charge on any atom is -0.491 e. The van der Waals surface area contributed by atoms with Gasteiger partial charge >= 0.3 is 0 Å². The molecule has 3 rings (SSSR count). The molecule has 1 heterocycles. The van der Waals surface area contributed by atoms with Gasteiger partial charge in [-0.05, 0) is 23.8 Å². The van der Waals surface area contributed by atoms with Crippen LogP contribution in [-0.4, -0.2) is 13.2 Å². The zero-order valence-corrected chi connectivity index (χ0v) is 13.3. The SMILES string of the molecule is Clc1cc(CBr)ccc1N1CCOc2ccccc2C1. The molecule has 1 aliphatic rings. The van der Waals surface area contributed by atoms with Gasteiger partial charge in [0, 0.05) is 17.4 Å². The van der Waals surface area contributed by atoms with Crippen molar-refractivity contribution in [3.05, 3.63) is 58.6 Å². The topological polar surface area (TPSA) is 12.5 Å². The van der Waals surface area contributed by atoms with E-state index < -0.39 is 0 Å². The maximum Gasteiger partial charge on any atom is 0.124 e. The Bertz CT molecular complexity index is 617. The fourth-order valence-electron chi connectivity index (χ4n) is 2.42. The molecule has 0 saturated heterocycles. The van der Waals surface area contributed by atoms with Crippen LogP contribution in [0.25, 0.3) is 0 Å². The lowest BCUT2D eigenvalue weighted by atomic mass is 10.1. The summed E-state index contributed by atoms with van der Waals surface area (Å²) in [7, 11) is 0.